The monoisotopic (exact) mass is 428 g/mol. The average Bonchev–Trinajstić information content (AvgIpc) is 2.76. The summed E-state index contributed by atoms with van der Waals surface area (Å²) in [7, 11) is 0. The van der Waals surface area contributed by atoms with E-state index in [1.54, 1.807) is 12.1 Å². The third-order valence-electron chi connectivity index (χ3n) is 5.12. The molecule has 162 valence electrons. The molecule has 0 radical (unpaired) electrons. The molecular formula is C27H25FN2O2. The molecule has 0 heterocycles. The minimum Gasteiger partial charge on any atom is -0.494 e. The Hall–Kier alpha value is -3.91. The lowest BCUT2D eigenvalue weighted by Crippen LogP contribution is -2.13. The van der Waals surface area contributed by atoms with Crippen LogP contribution in [0.15, 0.2) is 66.2 Å². The molecule has 0 atom stereocenters. The maximum absolute atomic E-state index is 13.5. The molecule has 1 amide bonds. The van der Waals surface area contributed by atoms with Crippen molar-refractivity contribution in [3.8, 4) is 11.8 Å². The quantitative estimate of drug-likeness (QED) is 0.372. The van der Waals surface area contributed by atoms with Crippen LogP contribution in [-0.4, -0.2) is 12.5 Å². The number of hydrogen-bond acceptors (Lipinski definition) is 3. The molecule has 0 fully saturated rings. The predicted octanol–water partition coefficient (Wildman–Crippen LogP) is 5.98. The van der Waals surface area contributed by atoms with Gasteiger partial charge in [-0.05, 0) is 85.0 Å². The number of anilines is 1. The summed E-state index contributed by atoms with van der Waals surface area (Å²) in [6, 6.07) is 19.5. The van der Waals surface area contributed by atoms with Gasteiger partial charge in [-0.2, -0.15) is 5.26 Å². The fraction of sp³-hybridized carbons (Fsp3) is 0.185. The number of rotatable bonds is 7. The molecule has 3 aromatic carbocycles. The van der Waals surface area contributed by atoms with Crippen LogP contribution in [0.4, 0.5) is 10.1 Å². The van der Waals surface area contributed by atoms with Gasteiger partial charge >= 0.3 is 0 Å². The van der Waals surface area contributed by atoms with Gasteiger partial charge in [0.2, 0.25) is 0 Å². The number of carbonyl (C=O) groups is 1. The van der Waals surface area contributed by atoms with Crippen LogP contribution in [0, 0.1) is 31.0 Å². The maximum Gasteiger partial charge on any atom is 0.266 e. The zero-order chi connectivity index (χ0) is 23.1. The summed E-state index contributed by atoms with van der Waals surface area (Å²) < 4.78 is 19.3. The van der Waals surface area contributed by atoms with Crippen molar-refractivity contribution in [1.29, 1.82) is 5.26 Å². The molecule has 0 aliphatic rings. The molecule has 0 aromatic heterocycles. The van der Waals surface area contributed by atoms with E-state index in [1.165, 1.54) is 18.2 Å². The van der Waals surface area contributed by atoms with E-state index in [-0.39, 0.29) is 11.4 Å². The van der Waals surface area contributed by atoms with Crippen LogP contribution in [0.1, 0.15) is 34.7 Å². The highest BCUT2D eigenvalue weighted by Gasteiger charge is 2.12. The second-order valence-electron chi connectivity index (χ2n) is 7.53. The highest BCUT2D eigenvalue weighted by atomic mass is 19.1. The van der Waals surface area contributed by atoms with Crippen LogP contribution < -0.4 is 10.1 Å². The van der Waals surface area contributed by atoms with Gasteiger partial charge < -0.3 is 10.1 Å². The van der Waals surface area contributed by atoms with Gasteiger partial charge in [0.05, 0.1) is 6.61 Å². The molecule has 0 saturated heterocycles. The first-order valence-electron chi connectivity index (χ1n) is 10.4. The van der Waals surface area contributed by atoms with Gasteiger partial charge in [-0.25, -0.2) is 4.39 Å². The van der Waals surface area contributed by atoms with Crippen LogP contribution >= 0.6 is 0 Å². The van der Waals surface area contributed by atoms with Crippen molar-refractivity contribution in [2.24, 2.45) is 0 Å². The molecule has 3 aromatic rings. The van der Waals surface area contributed by atoms with Gasteiger partial charge in [-0.3, -0.25) is 4.79 Å². The number of hydrogen-bond donors (Lipinski definition) is 1. The Morgan fingerprint density at radius 3 is 2.59 bits per heavy atom. The van der Waals surface area contributed by atoms with Crippen molar-refractivity contribution in [1.82, 2.24) is 0 Å². The van der Waals surface area contributed by atoms with Gasteiger partial charge in [0.15, 0.2) is 0 Å². The van der Waals surface area contributed by atoms with Gasteiger partial charge in [-0.15, -0.1) is 0 Å². The highest BCUT2D eigenvalue weighted by Crippen LogP contribution is 2.25. The summed E-state index contributed by atoms with van der Waals surface area (Å²) in [5.41, 5.74) is 5.21. The molecule has 0 spiro atoms. The number of amides is 1. The minimum atomic E-state index is -0.474. The van der Waals surface area contributed by atoms with E-state index in [0.717, 1.165) is 22.3 Å². The topological polar surface area (TPSA) is 62.1 Å². The second kappa shape index (κ2) is 10.4. The van der Waals surface area contributed by atoms with Crippen LogP contribution in [-0.2, 0) is 11.2 Å². The third kappa shape index (κ3) is 5.83. The molecule has 0 aliphatic carbocycles. The van der Waals surface area contributed by atoms with E-state index in [1.807, 2.05) is 63.2 Å². The summed E-state index contributed by atoms with van der Waals surface area (Å²) >= 11 is 0. The molecule has 4 nitrogen and oxygen atoms in total. The second-order valence-corrected chi connectivity index (χ2v) is 7.53. The summed E-state index contributed by atoms with van der Waals surface area (Å²) in [6.07, 6.45) is 2.04. The summed E-state index contributed by atoms with van der Waals surface area (Å²) in [4.78, 5) is 12.6. The van der Waals surface area contributed by atoms with Crippen molar-refractivity contribution in [3.63, 3.8) is 0 Å². The number of ether oxygens (including phenoxy) is 1. The molecule has 0 saturated carbocycles. The zero-order valence-electron chi connectivity index (χ0n) is 18.4. The summed E-state index contributed by atoms with van der Waals surface area (Å²) in [6.45, 7) is 6.30. The van der Waals surface area contributed by atoms with Crippen molar-refractivity contribution in [2.75, 3.05) is 11.9 Å². The van der Waals surface area contributed by atoms with Crippen LogP contribution in [0.5, 0.6) is 5.75 Å². The van der Waals surface area contributed by atoms with Crippen molar-refractivity contribution in [2.45, 2.75) is 27.2 Å². The number of nitrogens with one attached hydrogen (secondary N) is 1. The normalized spacial score (nSPS) is 11.0. The van der Waals surface area contributed by atoms with Crippen LogP contribution in [0.3, 0.4) is 0 Å². The first-order chi connectivity index (χ1) is 15.4. The minimum absolute atomic E-state index is 0.0106. The molecule has 32 heavy (non-hydrogen) atoms. The molecule has 0 bridgehead atoms. The van der Waals surface area contributed by atoms with Crippen molar-refractivity contribution >= 4 is 17.7 Å². The van der Waals surface area contributed by atoms with Gasteiger partial charge in [0.1, 0.15) is 23.2 Å². The number of nitriles is 1. The largest absolute Gasteiger partial charge is 0.494 e. The fourth-order valence-electron chi connectivity index (χ4n) is 3.30. The van der Waals surface area contributed by atoms with Gasteiger partial charge in [-0.1, -0.05) is 30.3 Å². The summed E-state index contributed by atoms with van der Waals surface area (Å²) in [5.74, 6) is -0.122. The Morgan fingerprint density at radius 1 is 1.09 bits per heavy atom. The Labute approximate surface area is 188 Å². The Kier molecular flexibility index (Phi) is 7.41. The van der Waals surface area contributed by atoms with E-state index in [4.69, 9.17) is 4.74 Å². The number of nitrogens with zero attached hydrogens (tertiary/aromatic N) is 1. The smallest absolute Gasteiger partial charge is 0.266 e. The van der Waals surface area contributed by atoms with E-state index in [0.29, 0.717) is 30.0 Å². The van der Waals surface area contributed by atoms with Gasteiger partial charge in [0.25, 0.3) is 5.91 Å². The number of aryl methyl sites for hydroxylation is 2. The van der Waals surface area contributed by atoms with E-state index in [9.17, 15) is 14.4 Å². The van der Waals surface area contributed by atoms with Gasteiger partial charge in [0, 0.05) is 12.1 Å². The lowest BCUT2D eigenvalue weighted by molar-refractivity contribution is -0.112. The molecule has 1 N–H and O–H groups in total. The highest BCUT2D eigenvalue weighted by molar-refractivity contribution is 6.09. The number of carbonyl (C=O) groups excluding carboxylic acids is 1. The predicted molar refractivity (Wildman–Crippen MR) is 125 cm³/mol. The Bertz CT molecular complexity index is 1210. The SMILES string of the molecule is CCOc1cc(/C=C(\C#N)C(=O)Nc2ccc(C)c(C)c2)ccc1Cc1cccc(F)c1. The van der Waals surface area contributed by atoms with E-state index >= 15 is 0 Å². The van der Waals surface area contributed by atoms with Crippen LogP contribution in [0.2, 0.25) is 0 Å². The summed E-state index contributed by atoms with van der Waals surface area (Å²) in [5, 5.41) is 12.3. The standard InChI is InChI=1S/C27H25FN2O2/c1-4-32-26-16-21(9-10-22(26)13-20-6-5-7-24(28)15-20)14-23(17-29)27(31)30-25-11-8-18(2)19(3)12-25/h5-12,14-16H,4,13H2,1-3H3,(H,30,31)/b23-14+. The van der Waals surface area contributed by atoms with Crippen molar-refractivity contribution < 1.29 is 13.9 Å². The Balaban J connectivity index is 1.84. The lowest BCUT2D eigenvalue weighted by Gasteiger charge is -2.12. The first-order valence-corrected chi connectivity index (χ1v) is 10.4. The van der Waals surface area contributed by atoms with Crippen LogP contribution in [0.25, 0.3) is 6.08 Å². The fourth-order valence-corrected chi connectivity index (χ4v) is 3.30. The van der Waals surface area contributed by atoms with E-state index in [2.05, 4.69) is 5.32 Å². The maximum atomic E-state index is 13.5. The average molecular weight is 429 g/mol. The third-order valence-corrected chi connectivity index (χ3v) is 5.12. The lowest BCUT2D eigenvalue weighted by atomic mass is 10.0. The molecule has 0 aliphatic heterocycles. The zero-order valence-corrected chi connectivity index (χ0v) is 18.4. The van der Waals surface area contributed by atoms with E-state index < -0.39 is 5.91 Å². The molecule has 0 unspecified atom stereocenters. The van der Waals surface area contributed by atoms with Crippen molar-refractivity contribution in [3.05, 3.63) is 99.9 Å². The number of benzene rings is 3. The molecule has 3 rings (SSSR count). The Morgan fingerprint density at radius 2 is 1.91 bits per heavy atom. The molecule has 5 heteroatoms. The first kappa shape index (κ1) is 22.8. The molecular weight excluding hydrogens is 403 g/mol. The number of halogens is 1.